The van der Waals surface area contributed by atoms with Crippen LogP contribution in [0.1, 0.15) is 28.9 Å². The zero-order valence-corrected chi connectivity index (χ0v) is 14.0. The third-order valence-electron chi connectivity index (χ3n) is 4.28. The smallest absolute Gasteiger partial charge is 0.308 e. The summed E-state index contributed by atoms with van der Waals surface area (Å²) < 4.78 is 1.64. The summed E-state index contributed by atoms with van der Waals surface area (Å²) in [4.78, 5) is 25.5. The molecule has 1 aliphatic heterocycles. The van der Waals surface area contributed by atoms with Gasteiger partial charge < -0.3 is 10.0 Å². The SMILES string of the molecule is Cc1nn(-c2ccc(Cl)cc2)cc1C(=O)N1CCCC(C(=O)O)C1. The number of carboxylic acids is 1. The zero-order valence-electron chi connectivity index (χ0n) is 13.3. The molecule has 1 fully saturated rings. The summed E-state index contributed by atoms with van der Waals surface area (Å²) >= 11 is 5.89. The molecule has 2 aromatic rings. The van der Waals surface area contributed by atoms with Crippen molar-refractivity contribution < 1.29 is 14.7 Å². The first-order chi connectivity index (χ1) is 11.5. The Morgan fingerprint density at radius 1 is 1.29 bits per heavy atom. The Morgan fingerprint density at radius 3 is 2.67 bits per heavy atom. The first-order valence-electron chi connectivity index (χ1n) is 7.80. The number of carbonyl (C=O) groups is 2. The van der Waals surface area contributed by atoms with Gasteiger partial charge in [-0.05, 0) is 44.0 Å². The van der Waals surface area contributed by atoms with Gasteiger partial charge >= 0.3 is 5.97 Å². The predicted molar refractivity (Wildman–Crippen MR) is 89.6 cm³/mol. The number of halogens is 1. The number of aryl methyl sites for hydroxylation is 1. The molecule has 2 heterocycles. The first-order valence-corrected chi connectivity index (χ1v) is 8.18. The van der Waals surface area contributed by atoms with E-state index in [1.807, 2.05) is 12.1 Å². The summed E-state index contributed by atoms with van der Waals surface area (Å²) in [6.07, 6.45) is 3.00. The number of aliphatic carboxylic acids is 1. The molecule has 1 atom stereocenters. The van der Waals surface area contributed by atoms with Crippen molar-refractivity contribution in [3.63, 3.8) is 0 Å². The Bertz CT molecular complexity index is 770. The molecule has 0 aliphatic carbocycles. The number of amides is 1. The zero-order chi connectivity index (χ0) is 17.3. The number of hydrogen-bond acceptors (Lipinski definition) is 3. The van der Waals surface area contributed by atoms with Crippen molar-refractivity contribution in [3.8, 4) is 5.69 Å². The molecule has 7 heteroatoms. The number of hydrogen-bond donors (Lipinski definition) is 1. The van der Waals surface area contributed by atoms with Crippen molar-refractivity contribution in [3.05, 3.63) is 46.7 Å². The minimum absolute atomic E-state index is 0.168. The van der Waals surface area contributed by atoms with Crippen LogP contribution in [0.5, 0.6) is 0 Å². The Balaban J connectivity index is 1.83. The summed E-state index contributed by atoms with van der Waals surface area (Å²) in [6.45, 7) is 2.60. The van der Waals surface area contributed by atoms with Crippen molar-refractivity contribution in [2.75, 3.05) is 13.1 Å². The number of rotatable bonds is 3. The van der Waals surface area contributed by atoms with Crippen LogP contribution in [-0.4, -0.2) is 44.8 Å². The van der Waals surface area contributed by atoms with Crippen LogP contribution in [0.3, 0.4) is 0 Å². The van der Waals surface area contributed by atoms with Gasteiger partial charge in [0.1, 0.15) is 0 Å². The van der Waals surface area contributed by atoms with Gasteiger partial charge in [0.2, 0.25) is 0 Å². The van der Waals surface area contributed by atoms with Crippen LogP contribution >= 0.6 is 11.6 Å². The lowest BCUT2D eigenvalue weighted by Crippen LogP contribution is -2.42. The predicted octanol–water partition coefficient (Wildman–Crippen LogP) is 2.77. The Labute approximate surface area is 144 Å². The van der Waals surface area contributed by atoms with E-state index in [2.05, 4.69) is 5.10 Å². The molecule has 1 amide bonds. The minimum Gasteiger partial charge on any atom is -0.481 e. The number of nitrogens with zero attached hydrogens (tertiary/aromatic N) is 3. The minimum atomic E-state index is -0.846. The average Bonchev–Trinajstić information content (AvgIpc) is 2.96. The molecule has 1 aromatic carbocycles. The van der Waals surface area contributed by atoms with E-state index < -0.39 is 11.9 Å². The van der Waals surface area contributed by atoms with Crippen LogP contribution in [0, 0.1) is 12.8 Å². The summed E-state index contributed by atoms with van der Waals surface area (Å²) in [5.74, 6) is -1.51. The number of carbonyl (C=O) groups excluding carboxylic acids is 1. The standard InChI is InChI=1S/C17H18ClN3O3/c1-11-15(10-21(19-11)14-6-4-13(18)5-7-14)16(22)20-8-2-3-12(9-20)17(23)24/h4-7,10,12H,2-3,8-9H2,1H3,(H,23,24). The molecule has 1 aromatic heterocycles. The summed E-state index contributed by atoms with van der Waals surface area (Å²) in [7, 11) is 0. The summed E-state index contributed by atoms with van der Waals surface area (Å²) in [5, 5.41) is 14.2. The first kappa shape index (κ1) is 16.5. The van der Waals surface area contributed by atoms with E-state index in [0.29, 0.717) is 35.7 Å². The van der Waals surface area contributed by atoms with Crippen molar-refractivity contribution in [1.82, 2.24) is 14.7 Å². The molecule has 1 aliphatic rings. The molecule has 0 saturated carbocycles. The van der Waals surface area contributed by atoms with Gasteiger partial charge in [0.15, 0.2) is 0 Å². The van der Waals surface area contributed by atoms with E-state index in [1.54, 1.807) is 34.8 Å². The van der Waals surface area contributed by atoms with Crippen LogP contribution in [0.25, 0.3) is 5.69 Å². The number of benzene rings is 1. The van der Waals surface area contributed by atoms with Gasteiger partial charge in [-0.3, -0.25) is 9.59 Å². The number of aromatic nitrogens is 2. The monoisotopic (exact) mass is 347 g/mol. The maximum absolute atomic E-state index is 12.7. The Kier molecular flexibility index (Phi) is 4.57. The second kappa shape index (κ2) is 6.65. The molecule has 0 radical (unpaired) electrons. The van der Waals surface area contributed by atoms with E-state index in [9.17, 15) is 14.7 Å². The molecule has 0 spiro atoms. The molecule has 0 bridgehead atoms. The van der Waals surface area contributed by atoms with E-state index in [4.69, 9.17) is 11.6 Å². The molecule has 126 valence electrons. The Hall–Kier alpha value is -2.34. The van der Waals surface area contributed by atoms with Gasteiger partial charge in [-0.25, -0.2) is 4.68 Å². The quantitative estimate of drug-likeness (QED) is 0.926. The van der Waals surface area contributed by atoms with Gasteiger partial charge in [0, 0.05) is 24.3 Å². The number of piperidine rings is 1. The summed E-state index contributed by atoms with van der Waals surface area (Å²) in [5.41, 5.74) is 1.92. The number of carboxylic acid groups (broad SMARTS) is 1. The molecule has 24 heavy (non-hydrogen) atoms. The van der Waals surface area contributed by atoms with Crippen molar-refractivity contribution >= 4 is 23.5 Å². The fraction of sp³-hybridized carbons (Fsp3) is 0.353. The van der Waals surface area contributed by atoms with Gasteiger partial charge in [-0.1, -0.05) is 11.6 Å². The highest BCUT2D eigenvalue weighted by Crippen LogP contribution is 2.21. The van der Waals surface area contributed by atoms with Crippen molar-refractivity contribution in [2.45, 2.75) is 19.8 Å². The van der Waals surface area contributed by atoms with E-state index in [-0.39, 0.29) is 12.5 Å². The second-order valence-corrected chi connectivity index (χ2v) is 6.41. The van der Waals surface area contributed by atoms with Crippen LogP contribution in [0.4, 0.5) is 0 Å². The highest BCUT2D eigenvalue weighted by Gasteiger charge is 2.30. The van der Waals surface area contributed by atoms with Crippen molar-refractivity contribution in [2.24, 2.45) is 5.92 Å². The fourth-order valence-electron chi connectivity index (χ4n) is 2.93. The molecule has 1 unspecified atom stereocenters. The van der Waals surface area contributed by atoms with Gasteiger partial charge in [0.05, 0.1) is 22.9 Å². The molecule has 6 nitrogen and oxygen atoms in total. The highest BCUT2D eigenvalue weighted by atomic mass is 35.5. The maximum atomic E-state index is 12.7. The van der Waals surface area contributed by atoms with Gasteiger partial charge in [-0.2, -0.15) is 5.10 Å². The third-order valence-corrected chi connectivity index (χ3v) is 4.53. The van der Waals surface area contributed by atoms with Crippen LogP contribution in [0.15, 0.2) is 30.5 Å². The highest BCUT2D eigenvalue weighted by molar-refractivity contribution is 6.30. The van der Waals surface area contributed by atoms with Crippen molar-refractivity contribution in [1.29, 1.82) is 0 Å². The third kappa shape index (κ3) is 3.28. The molecular weight excluding hydrogens is 330 g/mol. The van der Waals surface area contributed by atoms with Gasteiger partial charge in [-0.15, -0.1) is 0 Å². The van der Waals surface area contributed by atoms with Gasteiger partial charge in [0.25, 0.3) is 5.91 Å². The lowest BCUT2D eigenvalue weighted by Gasteiger charge is -2.30. The van der Waals surface area contributed by atoms with E-state index in [0.717, 1.165) is 5.69 Å². The normalized spacial score (nSPS) is 17.8. The molecule has 3 rings (SSSR count). The lowest BCUT2D eigenvalue weighted by molar-refractivity contribution is -0.143. The summed E-state index contributed by atoms with van der Waals surface area (Å²) in [6, 6.07) is 7.17. The molecule has 1 saturated heterocycles. The Morgan fingerprint density at radius 2 is 2.00 bits per heavy atom. The molecule has 1 N–H and O–H groups in total. The number of likely N-dealkylation sites (tertiary alicyclic amines) is 1. The van der Waals surface area contributed by atoms with Crippen LogP contribution in [-0.2, 0) is 4.79 Å². The lowest BCUT2D eigenvalue weighted by atomic mass is 9.98. The van der Waals surface area contributed by atoms with Crippen LogP contribution < -0.4 is 0 Å². The fourth-order valence-corrected chi connectivity index (χ4v) is 3.06. The average molecular weight is 348 g/mol. The van der Waals surface area contributed by atoms with E-state index >= 15 is 0 Å². The van der Waals surface area contributed by atoms with Crippen LogP contribution in [0.2, 0.25) is 5.02 Å². The topological polar surface area (TPSA) is 75.4 Å². The molecular formula is C17H18ClN3O3. The maximum Gasteiger partial charge on any atom is 0.308 e. The second-order valence-electron chi connectivity index (χ2n) is 5.98. The van der Waals surface area contributed by atoms with E-state index in [1.165, 1.54) is 0 Å². The largest absolute Gasteiger partial charge is 0.481 e.